The van der Waals surface area contributed by atoms with Crippen LogP contribution in [0.2, 0.25) is 10.0 Å². The molecule has 1 heterocycles. The number of rotatable bonds is 10. The molecule has 0 radical (unpaired) electrons. The number of hydrogen-bond donors (Lipinski definition) is 1. The Balaban J connectivity index is 2.11. The highest BCUT2D eigenvalue weighted by Gasteiger charge is 2.22. The van der Waals surface area contributed by atoms with Gasteiger partial charge in [0, 0.05) is 32.0 Å². The Hall–Kier alpha value is -2.18. The number of aryl methyl sites for hydroxylation is 1. The van der Waals surface area contributed by atoms with Gasteiger partial charge < -0.3 is 19.7 Å². The van der Waals surface area contributed by atoms with E-state index in [1.165, 1.54) is 4.90 Å². The van der Waals surface area contributed by atoms with Gasteiger partial charge in [0.15, 0.2) is 0 Å². The number of urea groups is 1. The molecule has 164 valence electrons. The van der Waals surface area contributed by atoms with Crippen LogP contribution in [0.15, 0.2) is 36.5 Å². The summed E-state index contributed by atoms with van der Waals surface area (Å²) in [7, 11) is 1.96. The highest BCUT2D eigenvalue weighted by Crippen LogP contribution is 2.29. The number of hydrogen-bond acceptors (Lipinski definition) is 2. The van der Waals surface area contributed by atoms with Gasteiger partial charge in [0.05, 0.1) is 22.3 Å². The van der Waals surface area contributed by atoms with E-state index < -0.39 is 0 Å². The number of anilines is 1. The number of carbonyl (C=O) groups is 2. The highest BCUT2D eigenvalue weighted by molar-refractivity contribution is 6.43. The van der Waals surface area contributed by atoms with Crippen LogP contribution in [0.5, 0.6) is 0 Å². The van der Waals surface area contributed by atoms with E-state index in [4.69, 9.17) is 23.2 Å². The van der Waals surface area contributed by atoms with Crippen molar-refractivity contribution in [2.75, 3.05) is 25.0 Å². The molecule has 0 atom stereocenters. The first-order valence-electron chi connectivity index (χ1n) is 10.2. The monoisotopic (exact) mass is 452 g/mol. The molecule has 1 aromatic heterocycles. The van der Waals surface area contributed by atoms with Crippen molar-refractivity contribution in [2.45, 2.75) is 39.7 Å². The van der Waals surface area contributed by atoms with E-state index >= 15 is 0 Å². The lowest BCUT2D eigenvalue weighted by molar-refractivity contribution is -0.132. The molecule has 0 spiro atoms. The normalized spacial score (nSPS) is 10.7. The minimum atomic E-state index is -0.372. The summed E-state index contributed by atoms with van der Waals surface area (Å²) in [5, 5.41) is 3.42. The van der Waals surface area contributed by atoms with Crippen LogP contribution in [-0.4, -0.2) is 45.9 Å². The average molecular weight is 453 g/mol. The summed E-state index contributed by atoms with van der Waals surface area (Å²) in [6, 6.07) is 8.64. The second kappa shape index (κ2) is 11.9. The molecule has 0 unspecified atom stereocenters. The molecule has 0 bridgehead atoms. The Morgan fingerprint density at radius 2 is 1.80 bits per heavy atom. The van der Waals surface area contributed by atoms with Crippen LogP contribution in [-0.2, 0) is 18.4 Å². The van der Waals surface area contributed by atoms with Crippen molar-refractivity contribution in [3.63, 3.8) is 0 Å². The second-order valence-corrected chi connectivity index (χ2v) is 8.02. The fourth-order valence-corrected chi connectivity index (χ4v) is 3.43. The van der Waals surface area contributed by atoms with Crippen molar-refractivity contribution in [3.8, 4) is 0 Å². The molecule has 3 amide bonds. The third kappa shape index (κ3) is 6.67. The largest absolute Gasteiger partial charge is 0.353 e. The Bertz CT molecular complexity index is 853. The Labute approximate surface area is 188 Å². The predicted molar refractivity (Wildman–Crippen MR) is 123 cm³/mol. The van der Waals surface area contributed by atoms with Crippen LogP contribution in [0.1, 0.15) is 38.8 Å². The van der Waals surface area contributed by atoms with Gasteiger partial charge >= 0.3 is 6.03 Å². The molecule has 8 heteroatoms. The third-order valence-electron chi connectivity index (χ3n) is 4.84. The van der Waals surface area contributed by atoms with Gasteiger partial charge in [-0.05, 0) is 37.1 Å². The van der Waals surface area contributed by atoms with Crippen LogP contribution in [0, 0.1) is 0 Å². The summed E-state index contributed by atoms with van der Waals surface area (Å²) in [5.74, 6) is -0.0783. The molecule has 30 heavy (non-hydrogen) atoms. The van der Waals surface area contributed by atoms with Gasteiger partial charge in [-0.2, -0.15) is 0 Å². The van der Waals surface area contributed by atoms with Crippen LogP contribution >= 0.6 is 23.2 Å². The summed E-state index contributed by atoms with van der Waals surface area (Å²) in [6.45, 7) is 5.70. The lowest BCUT2D eigenvalue weighted by Crippen LogP contribution is -2.45. The number of aromatic nitrogens is 1. The fourth-order valence-electron chi connectivity index (χ4n) is 3.08. The SMILES string of the molecule is CCCCN(Cc1cccn1C)C(=O)CN(CCC)C(=O)Nc1cccc(Cl)c1Cl. The number of benzene rings is 1. The molecular weight excluding hydrogens is 423 g/mol. The summed E-state index contributed by atoms with van der Waals surface area (Å²) in [5.41, 5.74) is 1.48. The van der Waals surface area contributed by atoms with Gasteiger partial charge in [-0.15, -0.1) is 0 Å². The van der Waals surface area contributed by atoms with E-state index in [0.29, 0.717) is 30.3 Å². The lowest BCUT2D eigenvalue weighted by Gasteiger charge is -2.28. The first-order valence-corrected chi connectivity index (χ1v) is 11.0. The van der Waals surface area contributed by atoms with Gasteiger partial charge in [-0.1, -0.05) is 49.5 Å². The second-order valence-electron chi connectivity index (χ2n) is 7.23. The molecule has 0 aliphatic heterocycles. The van der Waals surface area contributed by atoms with E-state index in [9.17, 15) is 9.59 Å². The van der Waals surface area contributed by atoms with Crippen molar-refractivity contribution in [2.24, 2.45) is 7.05 Å². The zero-order valence-corrected chi connectivity index (χ0v) is 19.3. The minimum absolute atomic E-state index is 0.00595. The topological polar surface area (TPSA) is 57.6 Å². The van der Waals surface area contributed by atoms with E-state index in [-0.39, 0.29) is 23.5 Å². The molecule has 1 aromatic carbocycles. The number of amides is 3. The van der Waals surface area contributed by atoms with E-state index in [1.54, 1.807) is 18.2 Å². The average Bonchev–Trinajstić information content (AvgIpc) is 3.12. The molecule has 2 aromatic rings. The number of nitrogens with zero attached hydrogens (tertiary/aromatic N) is 3. The number of unbranched alkanes of at least 4 members (excludes halogenated alkanes) is 1. The van der Waals surface area contributed by atoms with Crippen molar-refractivity contribution in [3.05, 3.63) is 52.3 Å². The van der Waals surface area contributed by atoms with Gasteiger partial charge in [0.25, 0.3) is 0 Å². The zero-order valence-electron chi connectivity index (χ0n) is 17.8. The molecule has 0 aliphatic carbocycles. The lowest BCUT2D eigenvalue weighted by atomic mass is 10.2. The summed E-state index contributed by atoms with van der Waals surface area (Å²) in [4.78, 5) is 29.3. The van der Waals surface area contributed by atoms with E-state index in [1.807, 2.05) is 41.8 Å². The maximum atomic E-state index is 13.1. The first kappa shape index (κ1) is 24.1. The Morgan fingerprint density at radius 3 is 2.43 bits per heavy atom. The predicted octanol–water partition coefficient (Wildman–Crippen LogP) is 5.40. The molecule has 1 N–H and O–H groups in total. The standard InChI is InChI=1S/C22H30Cl2N4O2/c1-4-6-14-27(15-17-9-8-13-26(17)3)20(29)16-28(12-5-2)22(30)25-19-11-7-10-18(23)21(19)24/h7-11,13H,4-6,12,14-16H2,1-3H3,(H,25,30). The van der Waals surface area contributed by atoms with Crippen LogP contribution < -0.4 is 5.32 Å². The number of nitrogens with one attached hydrogen (secondary N) is 1. The molecule has 0 fully saturated rings. The molecule has 2 rings (SSSR count). The van der Waals surface area contributed by atoms with Crippen molar-refractivity contribution < 1.29 is 9.59 Å². The molecular formula is C22H30Cl2N4O2. The van der Waals surface area contributed by atoms with Crippen LogP contribution in [0.3, 0.4) is 0 Å². The Morgan fingerprint density at radius 1 is 1.03 bits per heavy atom. The molecule has 0 saturated heterocycles. The third-order valence-corrected chi connectivity index (χ3v) is 5.66. The number of halogens is 2. The molecule has 0 aliphatic rings. The van der Waals surface area contributed by atoms with E-state index in [0.717, 1.165) is 25.0 Å². The first-order chi connectivity index (χ1) is 14.4. The summed E-state index contributed by atoms with van der Waals surface area (Å²) >= 11 is 12.2. The van der Waals surface area contributed by atoms with Gasteiger partial charge in [-0.3, -0.25) is 4.79 Å². The van der Waals surface area contributed by atoms with Crippen molar-refractivity contribution >= 4 is 40.8 Å². The summed E-state index contributed by atoms with van der Waals surface area (Å²) in [6.07, 6.45) is 4.59. The van der Waals surface area contributed by atoms with Crippen LogP contribution in [0.4, 0.5) is 10.5 Å². The molecule has 6 nitrogen and oxygen atoms in total. The van der Waals surface area contributed by atoms with Crippen molar-refractivity contribution in [1.82, 2.24) is 14.4 Å². The maximum Gasteiger partial charge on any atom is 0.322 e. The van der Waals surface area contributed by atoms with Crippen LogP contribution in [0.25, 0.3) is 0 Å². The van der Waals surface area contributed by atoms with Crippen molar-refractivity contribution in [1.29, 1.82) is 0 Å². The highest BCUT2D eigenvalue weighted by atomic mass is 35.5. The number of carbonyl (C=O) groups excluding carboxylic acids is 2. The quantitative estimate of drug-likeness (QED) is 0.523. The Kier molecular flexibility index (Phi) is 9.53. The zero-order chi connectivity index (χ0) is 22.1. The molecule has 0 saturated carbocycles. The smallest absolute Gasteiger partial charge is 0.322 e. The maximum absolute atomic E-state index is 13.1. The summed E-state index contributed by atoms with van der Waals surface area (Å²) < 4.78 is 2.00. The van der Waals surface area contributed by atoms with Gasteiger partial charge in [0.1, 0.15) is 6.54 Å². The van der Waals surface area contributed by atoms with Gasteiger partial charge in [0.2, 0.25) is 5.91 Å². The van der Waals surface area contributed by atoms with E-state index in [2.05, 4.69) is 12.2 Å². The fraction of sp³-hybridized carbons (Fsp3) is 0.455. The minimum Gasteiger partial charge on any atom is -0.353 e. The van der Waals surface area contributed by atoms with Gasteiger partial charge in [-0.25, -0.2) is 4.79 Å².